The smallest absolute Gasteiger partial charge is 0.269 e. The van der Waals surface area contributed by atoms with Crippen LogP contribution in [-0.4, -0.2) is 60.5 Å². The summed E-state index contributed by atoms with van der Waals surface area (Å²) in [5.41, 5.74) is 4.56. The first kappa shape index (κ1) is 22.3. The Balaban J connectivity index is 1.20. The maximum atomic E-state index is 13.5. The number of halogens is 1. The summed E-state index contributed by atoms with van der Waals surface area (Å²) in [7, 11) is 1.60. The number of nitrogens with one attached hydrogen (secondary N) is 2. The van der Waals surface area contributed by atoms with Crippen LogP contribution in [-0.2, 0) is 0 Å². The molecule has 1 amide bonds. The van der Waals surface area contributed by atoms with Crippen molar-refractivity contribution in [2.24, 2.45) is 5.92 Å². The first-order chi connectivity index (χ1) is 16.4. The fourth-order valence-corrected chi connectivity index (χ4v) is 4.93. The molecule has 1 atom stereocenters. The van der Waals surface area contributed by atoms with Gasteiger partial charge < -0.3 is 15.2 Å². The number of piperazine rings is 1. The number of fused-ring (bicyclic) bond motifs is 1. The van der Waals surface area contributed by atoms with Crippen molar-refractivity contribution in [3.8, 4) is 0 Å². The second kappa shape index (κ2) is 9.02. The molecule has 1 unspecified atom stereocenters. The number of pyridine rings is 2. The minimum Gasteiger partial charge on any atom is -0.368 e. The molecular weight excluding hydrogens is 433 g/mol. The molecule has 1 saturated heterocycles. The van der Waals surface area contributed by atoms with Gasteiger partial charge in [-0.3, -0.25) is 14.5 Å². The largest absolute Gasteiger partial charge is 0.368 e. The van der Waals surface area contributed by atoms with E-state index in [1.54, 1.807) is 25.4 Å². The Labute approximate surface area is 197 Å². The molecule has 2 N–H and O–H groups in total. The second-order valence-corrected chi connectivity index (χ2v) is 9.07. The quantitative estimate of drug-likeness (QED) is 0.611. The van der Waals surface area contributed by atoms with Crippen LogP contribution in [0.3, 0.4) is 0 Å². The minimum absolute atomic E-state index is 0.179. The normalized spacial score (nSPS) is 18.8. The zero-order valence-electron chi connectivity index (χ0n) is 19.4. The van der Waals surface area contributed by atoms with Gasteiger partial charge in [-0.1, -0.05) is 11.6 Å². The van der Waals surface area contributed by atoms with Gasteiger partial charge in [0.25, 0.3) is 11.5 Å². The Morgan fingerprint density at radius 1 is 1.18 bits per heavy atom. The third-order valence-corrected chi connectivity index (χ3v) is 7.10. The maximum absolute atomic E-state index is 13.5. The number of carbonyl (C=O) groups is 1. The summed E-state index contributed by atoms with van der Waals surface area (Å²) >= 11 is 0. The van der Waals surface area contributed by atoms with Crippen LogP contribution in [0.4, 0.5) is 10.1 Å². The molecule has 2 aliphatic rings. The van der Waals surface area contributed by atoms with Crippen LogP contribution in [0.2, 0.25) is 0 Å². The van der Waals surface area contributed by atoms with Gasteiger partial charge in [0.05, 0.1) is 11.9 Å². The number of H-pyrrole nitrogens is 1. The molecule has 1 aliphatic carbocycles. The highest BCUT2D eigenvalue weighted by Gasteiger charge is 2.30. The van der Waals surface area contributed by atoms with Crippen molar-refractivity contribution < 1.29 is 9.18 Å². The number of aromatic nitrogens is 2. The van der Waals surface area contributed by atoms with Gasteiger partial charge in [-0.2, -0.15) is 0 Å². The molecule has 1 aromatic carbocycles. The minimum atomic E-state index is -0.401. The highest BCUT2D eigenvalue weighted by molar-refractivity contribution is 5.92. The average Bonchev–Trinajstić information content (AvgIpc) is 2.86. The molecule has 1 fully saturated rings. The van der Waals surface area contributed by atoms with Crippen LogP contribution in [0, 0.1) is 11.7 Å². The van der Waals surface area contributed by atoms with Crippen LogP contribution in [0.1, 0.15) is 29.5 Å². The van der Waals surface area contributed by atoms with Crippen LogP contribution >= 0.6 is 0 Å². The highest BCUT2D eigenvalue weighted by atomic mass is 19.1. The van der Waals surface area contributed by atoms with Crippen LogP contribution in [0.25, 0.3) is 16.3 Å². The van der Waals surface area contributed by atoms with Gasteiger partial charge in [-0.25, -0.2) is 9.37 Å². The number of aromatic amines is 1. The van der Waals surface area contributed by atoms with Crippen LogP contribution in [0.15, 0.2) is 53.0 Å². The van der Waals surface area contributed by atoms with Crippen molar-refractivity contribution in [1.29, 1.82) is 0 Å². The lowest BCUT2D eigenvalue weighted by Gasteiger charge is -2.40. The third-order valence-electron chi connectivity index (χ3n) is 7.10. The van der Waals surface area contributed by atoms with E-state index in [1.165, 1.54) is 23.3 Å². The third kappa shape index (κ3) is 4.21. The summed E-state index contributed by atoms with van der Waals surface area (Å²) in [6.45, 7) is 6.91. The lowest BCUT2D eigenvalue weighted by molar-refractivity contribution is 0.0958. The lowest BCUT2D eigenvalue weighted by Crippen LogP contribution is -2.48. The van der Waals surface area contributed by atoms with Gasteiger partial charge >= 0.3 is 0 Å². The second-order valence-electron chi connectivity index (χ2n) is 9.07. The number of carbonyl (C=O) groups excluding carboxylic acids is 1. The van der Waals surface area contributed by atoms with E-state index < -0.39 is 5.82 Å². The number of nitrogens with zero attached hydrogens (tertiary/aromatic N) is 3. The zero-order chi connectivity index (χ0) is 23.8. The van der Waals surface area contributed by atoms with Crippen molar-refractivity contribution in [2.45, 2.75) is 13.3 Å². The summed E-state index contributed by atoms with van der Waals surface area (Å²) in [6.07, 6.45) is 2.70. The summed E-state index contributed by atoms with van der Waals surface area (Å²) in [5.74, 6) is -0.106. The zero-order valence-corrected chi connectivity index (χ0v) is 19.4. The van der Waals surface area contributed by atoms with Crippen LogP contribution < -0.4 is 15.8 Å². The Morgan fingerprint density at radius 3 is 2.65 bits per heavy atom. The van der Waals surface area contributed by atoms with Gasteiger partial charge in [0, 0.05) is 50.9 Å². The molecule has 5 rings (SSSR count). The molecule has 0 radical (unpaired) electrons. The number of rotatable bonds is 5. The molecule has 0 saturated carbocycles. The molecule has 176 valence electrons. The predicted molar refractivity (Wildman–Crippen MR) is 132 cm³/mol. The fourth-order valence-electron chi connectivity index (χ4n) is 4.93. The summed E-state index contributed by atoms with van der Waals surface area (Å²) in [6, 6.07) is 10.0. The van der Waals surface area contributed by atoms with Gasteiger partial charge in [-0.05, 0) is 60.6 Å². The Hall–Kier alpha value is -3.52. The van der Waals surface area contributed by atoms with E-state index in [9.17, 15) is 14.0 Å². The Morgan fingerprint density at radius 2 is 1.97 bits per heavy atom. The molecule has 2 aromatic heterocycles. The van der Waals surface area contributed by atoms with Gasteiger partial charge in [0.1, 0.15) is 11.5 Å². The molecule has 8 heteroatoms. The van der Waals surface area contributed by atoms with Crippen molar-refractivity contribution in [2.75, 3.05) is 44.7 Å². The number of benzene rings is 1. The van der Waals surface area contributed by atoms with Gasteiger partial charge in [0.2, 0.25) is 0 Å². The standard InChI is InChI=1S/C26H28FN5O2/c1-16-18(11-21(16)24-12-17-3-4-19(27)13-22(17)25(33)30-24)15-31-7-9-32(10-8-31)20-5-6-23(29-14-20)26(34)28-2/h3-6,12-14,18H,7-11,15H2,1-2H3,(H,28,34)(H,30,33). The van der Waals surface area contributed by atoms with Crippen molar-refractivity contribution in [3.63, 3.8) is 0 Å². The predicted octanol–water partition coefficient (Wildman–Crippen LogP) is 3.04. The molecular formula is C26H28FN5O2. The van der Waals surface area contributed by atoms with E-state index in [0.29, 0.717) is 17.0 Å². The first-order valence-electron chi connectivity index (χ1n) is 11.6. The van der Waals surface area contributed by atoms with E-state index in [4.69, 9.17) is 0 Å². The maximum Gasteiger partial charge on any atom is 0.269 e. The number of amides is 1. The average molecular weight is 462 g/mol. The van der Waals surface area contributed by atoms with E-state index in [2.05, 4.69) is 32.0 Å². The van der Waals surface area contributed by atoms with Crippen molar-refractivity contribution >= 4 is 27.9 Å². The van der Waals surface area contributed by atoms with Crippen molar-refractivity contribution in [3.05, 3.63) is 75.7 Å². The van der Waals surface area contributed by atoms with E-state index in [0.717, 1.165) is 55.9 Å². The molecule has 0 spiro atoms. The Bertz CT molecular complexity index is 1320. The number of hydrogen-bond donors (Lipinski definition) is 2. The topological polar surface area (TPSA) is 81.3 Å². The van der Waals surface area contributed by atoms with Gasteiger partial charge in [-0.15, -0.1) is 0 Å². The SMILES string of the molecule is CNC(=O)c1ccc(N2CCN(CC3CC(c4cc5ccc(F)cc5c(=O)[nH]4)=C3C)CC2)cn1. The first-order valence-corrected chi connectivity index (χ1v) is 11.6. The molecule has 0 bridgehead atoms. The van der Waals surface area contributed by atoms with E-state index >= 15 is 0 Å². The number of allylic oxidation sites excluding steroid dienone is 1. The summed E-state index contributed by atoms with van der Waals surface area (Å²) in [5, 5.41) is 3.73. The molecule has 3 heterocycles. The monoisotopic (exact) mass is 461 g/mol. The lowest BCUT2D eigenvalue weighted by atomic mass is 9.76. The van der Waals surface area contributed by atoms with E-state index in [-0.39, 0.29) is 11.5 Å². The molecule has 34 heavy (non-hydrogen) atoms. The Kier molecular flexibility index (Phi) is 5.91. The highest BCUT2D eigenvalue weighted by Crippen LogP contribution is 2.41. The molecule has 3 aromatic rings. The van der Waals surface area contributed by atoms with E-state index in [1.807, 2.05) is 12.1 Å². The van der Waals surface area contributed by atoms with Crippen molar-refractivity contribution in [1.82, 2.24) is 20.2 Å². The van der Waals surface area contributed by atoms with Gasteiger partial charge in [0.15, 0.2) is 0 Å². The number of anilines is 1. The van der Waals surface area contributed by atoms with Crippen LogP contribution in [0.5, 0.6) is 0 Å². The summed E-state index contributed by atoms with van der Waals surface area (Å²) in [4.78, 5) is 36.1. The fraction of sp³-hybridized carbons (Fsp3) is 0.346. The number of hydrogen-bond acceptors (Lipinski definition) is 5. The summed E-state index contributed by atoms with van der Waals surface area (Å²) < 4.78 is 13.5. The molecule has 7 nitrogen and oxygen atoms in total. The molecule has 1 aliphatic heterocycles.